The van der Waals surface area contributed by atoms with E-state index in [0.29, 0.717) is 12.2 Å². The van der Waals surface area contributed by atoms with E-state index in [2.05, 4.69) is 0 Å². The fourth-order valence-electron chi connectivity index (χ4n) is 3.87. The molecule has 0 bridgehead atoms. The summed E-state index contributed by atoms with van der Waals surface area (Å²) >= 11 is 0. The highest BCUT2D eigenvalue weighted by Crippen LogP contribution is 2.52. The third-order valence-corrected chi connectivity index (χ3v) is 5.05. The van der Waals surface area contributed by atoms with Crippen LogP contribution in [0.5, 0.6) is 0 Å². The number of ketones is 1. The maximum Gasteiger partial charge on any atom is 0.144 e. The van der Waals surface area contributed by atoms with Crippen LogP contribution in [-0.4, -0.2) is 18.5 Å². The predicted molar refractivity (Wildman–Crippen MR) is 62.2 cm³/mol. The van der Waals surface area contributed by atoms with E-state index in [1.807, 2.05) is 0 Å². The maximum absolute atomic E-state index is 11.8. The molecule has 3 aliphatic rings. The Morgan fingerprint density at radius 1 is 1.12 bits per heavy atom. The SMILES string of the molecule is O=C1CC(OCC2CCCC2)C12CCCC2. The van der Waals surface area contributed by atoms with Gasteiger partial charge >= 0.3 is 0 Å². The molecule has 3 saturated carbocycles. The number of carbonyl (C=O) groups excluding carboxylic acids is 1. The second-order valence-electron chi connectivity index (χ2n) is 5.96. The summed E-state index contributed by atoms with van der Waals surface area (Å²) in [5, 5.41) is 0. The van der Waals surface area contributed by atoms with Crippen molar-refractivity contribution in [1.29, 1.82) is 0 Å². The Morgan fingerprint density at radius 2 is 1.81 bits per heavy atom. The molecular weight excluding hydrogens is 200 g/mol. The Balaban J connectivity index is 1.53. The molecule has 1 atom stereocenters. The van der Waals surface area contributed by atoms with Crippen molar-refractivity contribution in [3.8, 4) is 0 Å². The van der Waals surface area contributed by atoms with Gasteiger partial charge in [0.05, 0.1) is 11.5 Å². The van der Waals surface area contributed by atoms with Gasteiger partial charge < -0.3 is 4.74 Å². The monoisotopic (exact) mass is 222 g/mol. The molecule has 3 aliphatic carbocycles. The van der Waals surface area contributed by atoms with Gasteiger partial charge in [0.2, 0.25) is 0 Å². The zero-order valence-electron chi connectivity index (χ0n) is 10.0. The lowest BCUT2D eigenvalue weighted by Crippen LogP contribution is -2.53. The minimum atomic E-state index is -0.0153. The molecule has 0 aromatic heterocycles. The molecule has 16 heavy (non-hydrogen) atoms. The molecule has 1 spiro atoms. The summed E-state index contributed by atoms with van der Waals surface area (Å²) in [6.07, 6.45) is 11.1. The molecular formula is C14H22O2. The van der Waals surface area contributed by atoms with E-state index in [1.165, 1.54) is 38.5 Å². The third-order valence-electron chi connectivity index (χ3n) is 5.05. The molecule has 90 valence electrons. The van der Waals surface area contributed by atoms with Crippen molar-refractivity contribution < 1.29 is 9.53 Å². The van der Waals surface area contributed by atoms with Gasteiger partial charge in [0.15, 0.2) is 0 Å². The van der Waals surface area contributed by atoms with Crippen LogP contribution in [-0.2, 0) is 9.53 Å². The molecule has 3 fully saturated rings. The van der Waals surface area contributed by atoms with Gasteiger partial charge in [0.25, 0.3) is 0 Å². The van der Waals surface area contributed by atoms with Crippen LogP contribution in [0.3, 0.4) is 0 Å². The Hall–Kier alpha value is -0.370. The Labute approximate surface area is 97.7 Å². The number of carbonyl (C=O) groups is 1. The molecule has 0 aromatic carbocycles. The van der Waals surface area contributed by atoms with Crippen LogP contribution in [0.2, 0.25) is 0 Å². The minimum absolute atomic E-state index is 0.0153. The van der Waals surface area contributed by atoms with E-state index >= 15 is 0 Å². The van der Waals surface area contributed by atoms with Crippen LogP contribution in [0.25, 0.3) is 0 Å². The highest BCUT2D eigenvalue weighted by atomic mass is 16.5. The minimum Gasteiger partial charge on any atom is -0.376 e. The van der Waals surface area contributed by atoms with Gasteiger partial charge in [-0.3, -0.25) is 4.79 Å². The zero-order valence-corrected chi connectivity index (χ0v) is 10.0. The summed E-state index contributed by atoms with van der Waals surface area (Å²) in [6.45, 7) is 0.916. The van der Waals surface area contributed by atoms with Gasteiger partial charge in [-0.1, -0.05) is 25.7 Å². The van der Waals surface area contributed by atoms with Crippen LogP contribution in [0.1, 0.15) is 57.8 Å². The van der Waals surface area contributed by atoms with Crippen LogP contribution in [0.4, 0.5) is 0 Å². The highest BCUT2D eigenvalue weighted by Gasteiger charge is 2.56. The molecule has 0 heterocycles. The van der Waals surface area contributed by atoms with E-state index in [1.54, 1.807) is 0 Å². The molecule has 2 nitrogen and oxygen atoms in total. The first-order chi connectivity index (χ1) is 7.81. The first-order valence-corrected chi connectivity index (χ1v) is 6.96. The van der Waals surface area contributed by atoms with Crippen molar-refractivity contribution in [1.82, 2.24) is 0 Å². The van der Waals surface area contributed by atoms with E-state index < -0.39 is 0 Å². The maximum atomic E-state index is 11.8. The van der Waals surface area contributed by atoms with Crippen molar-refractivity contribution in [3.05, 3.63) is 0 Å². The number of hydrogen-bond donors (Lipinski definition) is 0. The molecule has 0 amide bonds. The normalized spacial score (nSPS) is 33.5. The van der Waals surface area contributed by atoms with Gasteiger partial charge in [-0.2, -0.15) is 0 Å². The largest absolute Gasteiger partial charge is 0.376 e. The van der Waals surface area contributed by atoms with Crippen LogP contribution < -0.4 is 0 Å². The Bertz CT molecular complexity index is 272. The first kappa shape index (κ1) is 10.8. The van der Waals surface area contributed by atoms with Crippen molar-refractivity contribution in [2.75, 3.05) is 6.61 Å². The van der Waals surface area contributed by atoms with Gasteiger partial charge in [-0.15, -0.1) is 0 Å². The topological polar surface area (TPSA) is 26.3 Å². The van der Waals surface area contributed by atoms with E-state index in [-0.39, 0.29) is 11.5 Å². The lowest BCUT2D eigenvalue weighted by atomic mass is 9.63. The number of rotatable bonds is 3. The van der Waals surface area contributed by atoms with Crippen molar-refractivity contribution in [3.63, 3.8) is 0 Å². The van der Waals surface area contributed by atoms with Crippen LogP contribution >= 0.6 is 0 Å². The van der Waals surface area contributed by atoms with E-state index in [9.17, 15) is 4.79 Å². The van der Waals surface area contributed by atoms with E-state index in [4.69, 9.17) is 4.74 Å². The Kier molecular flexibility index (Phi) is 2.78. The Morgan fingerprint density at radius 3 is 2.44 bits per heavy atom. The molecule has 0 aromatic rings. The molecule has 0 saturated heterocycles. The fourth-order valence-corrected chi connectivity index (χ4v) is 3.87. The van der Waals surface area contributed by atoms with Gasteiger partial charge in [0, 0.05) is 13.0 Å². The summed E-state index contributed by atoms with van der Waals surface area (Å²) < 4.78 is 6.05. The van der Waals surface area contributed by atoms with Crippen LogP contribution in [0, 0.1) is 11.3 Å². The summed E-state index contributed by atoms with van der Waals surface area (Å²) in [5.41, 5.74) is -0.0153. The lowest BCUT2D eigenvalue weighted by molar-refractivity contribution is -0.164. The fraction of sp³-hybridized carbons (Fsp3) is 0.929. The van der Waals surface area contributed by atoms with Gasteiger partial charge in [-0.25, -0.2) is 0 Å². The highest BCUT2D eigenvalue weighted by molar-refractivity contribution is 5.92. The van der Waals surface area contributed by atoms with Crippen molar-refractivity contribution in [2.24, 2.45) is 11.3 Å². The second-order valence-corrected chi connectivity index (χ2v) is 5.96. The predicted octanol–water partition coefficient (Wildman–Crippen LogP) is 3.10. The molecule has 1 unspecified atom stereocenters. The quantitative estimate of drug-likeness (QED) is 0.733. The van der Waals surface area contributed by atoms with Crippen molar-refractivity contribution in [2.45, 2.75) is 63.9 Å². The average Bonchev–Trinajstić information content (AvgIpc) is 2.95. The molecule has 0 N–H and O–H groups in total. The molecule has 2 heteroatoms. The number of Topliss-reactive ketones (excluding diaryl/α,β-unsaturated/α-hetero) is 1. The first-order valence-electron chi connectivity index (χ1n) is 6.96. The smallest absolute Gasteiger partial charge is 0.144 e. The standard InChI is InChI=1S/C14H22O2/c15-12-9-13(14(12)7-3-4-8-14)16-10-11-5-1-2-6-11/h11,13H,1-10H2. The summed E-state index contributed by atoms with van der Waals surface area (Å²) in [5.74, 6) is 1.27. The third kappa shape index (κ3) is 1.62. The van der Waals surface area contributed by atoms with Gasteiger partial charge in [0.1, 0.15) is 5.78 Å². The summed E-state index contributed by atoms with van der Waals surface area (Å²) in [6, 6.07) is 0. The second kappa shape index (κ2) is 4.14. The van der Waals surface area contributed by atoms with Gasteiger partial charge in [-0.05, 0) is 31.6 Å². The summed E-state index contributed by atoms with van der Waals surface area (Å²) in [7, 11) is 0. The lowest BCUT2D eigenvalue weighted by Gasteiger charge is -2.45. The average molecular weight is 222 g/mol. The van der Waals surface area contributed by atoms with Crippen molar-refractivity contribution >= 4 is 5.78 Å². The number of ether oxygens (including phenoxy) is 1. The van der Waals surface area contributed by atoms with E-state index in [0.717, 1.165) is 25.4 Å². The molecule has 0 radical (unpaired) electrons. The molecule has 0 aliphatic heterocycles. The molecule has 3 rings (SSSR count). The van der Waals surface area contributed by atoms with Crippen LogP contribution in [0.15, 0.2) is 0 Å². The summed E-state index contributed by atoms with van der Waals surface area (Å²) in [4.78, 5) is 11.8. The number of hydrogen-bond acceptors (Lipinski definition) is 2. The zero-order chi connectivity index (χ0) is 11.0.